The Morgan fingerprint density at radius 3 is 2.68 bits per heavy atom. The van der Waals surface area contributed by atoms with E-state index in [1.165, 1.54) is 4.88 Å². The molecule has 1 aliphatic carbocycles. The second-order valence-electron chi connectivity index (χ2n) is 6.92. The van der Waals surface area contributed by atoms with E-state index in [0.29, 0.717) is 11.8 Å². The zero-order chi connectivity index (χ0) is 17.1. The van der Waals surface area contributed by atoms with Crippen LogP contribution in [0.5, 0.6) is 5.88 Å². The van der Waals surface area contributed by atoms with E-state index in [1.54, 1.807) is 29.9 Å². The van der Waals surface area contributed by atoms with Crippen LogP contribution in [0.15, 0.2) is 36.1 Å². The van der Waals surface area contributed by atoms with Crippen LogP contribution in [0.1, 0.15) is 43.4 Å². The molecule has 0 radical (unpaired) electrons. The molecule has 1 amide bonds. The van der Waals surface area contributed by atoms with Crippen molar-refractivity contribution < 1.29 is 9.53 Å². The molecule has 2 aliphatic rings. The van der Waals surface area contributed by atoms with E-state index >= 15 is 0 Å². The van der Waals surface area contributed by atoms with E-state index in [9.17, 15) is 4.79 Å². The molecule has 0 N–H and O–H groups in total. The normalized spacial score (nSPS) is 20.6. The van der Waals surface area contributed by atoms with Gasteiger partial charge in [0.05, 0.1) is 11.6 Å². The average molecular weight is 357 g/mol. The van der Waals surface area contributed by atoms with Gasteiger partial charge < -0.3 is 9.64 Å². The Morgan fingerprint density at radius 1 is 1.24 bits per heavy atom. The van der Waals surface area contributed by atoms with Crippen LogP contribution in [0.4, 0.5) is 0 Å². The molecule has 0 atom stereocenters. The molecule has 132 valence electrons. The summed E-state index contributed by atoms with van der Waals surface area (Å²) >= 11 is 1.73. The first-order valence-electron chi connectivity index (χ1n) is 9.04. The lowest BCUT2D eigenvalue weighted by atomic mass is 9.82. The average Bonchev–Trinajstić information content (AvgIpc) is 3.35. The van der Waals surface area contributed by atoms with Gasteiger partial charge in [0.2, 0.25) is 11.8 Å². The summed E-state index contributed by atoms with van der Waals surface area (Å²) in [6, 6.07) is 4.20. The van der Waals surface area contributed by atoms with Crippen LogP contribution in [0, 0.1) is 0 Å². The molecule has 1 aliphatic heterocycles. The Labute approximate surface area is 152 Å². The minimum atomic E-state index is -0.271. The number of carbonyl (C=O) groups excluding carboxylic acids is 1. The Morgan fingerprint density at radius 2 is 2.04 bits per heavy atom. The first-order chi connectivity index (χ1) is 12.3. The predicted molar refractivity (Wildman–Crippen MR) is 96.7 cm³/mol. The number of nitrogens with zero attached hydrogens (tertiary/aromatic N) is 3. The molecule has 0 aromatic carbocycles. The number of likely N-dealkylation sites (tertiary alicyclic amines) is 1. The minimum Gasteiger partial charge on any atom is -0.473 e. The Balaban J connectivity index is 1.41. The third kappa shape index (κ3) is 3.27. The molecule has 25 heavy (non-hydrogen) atoms. The van der Waals surface area contributed by atoms with Crippen LogP contribution < -0.4 is 4.74 Å². The molecule has 2 aromatic heterocycles. The van der Waals surface area contributed by atoms with Crippen LogP contribution in [0.3, 0.4) is 0 Å². The maximum absolute atomic E-state index is 13.4. The van der Waals surface area contributed by atoms with Gasteiger partial charge in [-0.15, -0.1) is 11.3 Å². The molecule has 4 rings (SSSR count). The molecule has 6 heteroatoms. The number of carbonyl (C=O) groups is 1. The predicted octanol–water partition coefficient (Wildman–Crippen LogP) is 3.42. The van der Waals surface area contributed by atoms with E-state index in [0.717, 1.165) is 51.6 Å². The second-order valence-corrected chi connectivity index (χ2v) is 7.87. The van der Waals surface area contributed by atoms with Crippen molar-refractivity contribution in [3.8, 4) is 5.88 Å². The maximum Gasteiger partial charge on any atom is 0.234 e. The summed E-state index contributed by atoms with van der Waals surface area (Å²) in [4.78, 5) is 24.9. The van der Waals surface area contributed by atoms with Crippen molar-refractivity contribution in [3.05, 3.63) is 41.0 Å². The summed E-state index contributed by atoms with van der Waals surface area (Å²) < 4.78 is 5.90. The zero-order valence-corrected chi connectivity index (χ0v) is 15.1. The van der Waals surface area contributed by atoms with Gasteiger partial charge in [-0.2, -0.15) is 0 Å². The van der Waals surface area contributed by atoms with Gasteiger partial charge in [0, 0.05) is 43.2 Å². The molecule has 1 saturated carbocycles. The summed E-state index contributed by atoms with van der Waals surface area (Å²) in [6.07, 6.45) is 11.0. The molecule has 2 fully saturated rings. The lowest BCUT2D eigenvalue weighted by Gasteiger charge is -2.38. The molecule has 0 unspecified atom stereocenters. The van der Waals surface area contributed by atoms with Crippen molar-refractivity contribution in [1.82, 2.24) is 14.9 Å². The topological polar surface area (TPSA) is 55.3 Å². The number of thiophene rings is 1. The fraction of sp³-hybridized carbons (Fsp3) is 0.526. The van der Waals surface area contributed by atoms with E-state index in [2.05, 4.69) is 32.4 Å². The smallest absolute Gasteiger partial charge is 0.234 e. The number of aromatic nitrogens is 2. The third-order valence-corrected chi connectivity index (χ3v) is 6.49. The Hall–Kier alpha value is -1.95. The highest BCUT2D eigenvalue weighted by atomic mass is 32.1. The summed E-state index contributed by atoms with van der Waals surface area (Å²) in [5, 5.41) is 2.09. The third-order valence-electron chi connectivity index (χ3n) is 5.42. The Bertz CT molecular complexity index is 691. The van der Waals surface area contributed by atoms with Crippen molar-refractivity contribution >= 4 is 17.2 Å². The lowest BCUT2D eigenvalue weighted by Crippen LogP contribution is -2.49. The van der Waals surface area contributed by atoms with Crippen LogP contribution in [0.2, 0.25) is 0 Å². The summed E-state index contributed by atoms with van der Waals surface area (Å²) in [7, 11) is 0. The molecular weight excluding hydrogens is 334 g/mol. The highest BCUT2D eigenvalue weighted by molar-refractivity contribution is 7.10. The number of amides is 1. The van der Waals surface area contributed by atoms with Gasteiger partial charge in [-0.3, -0.25) is 9.78 Å². The fourth-order valence-corrected chi connectivity index (χ4v) is 5.07. The van der Waals surface area contributed by atoms with Crippen molar-refractivity contribution in [1.29, 1.82) is 0 Å². The van der Waals surface area contributed by atoms with Gasteiger partial charge >= 0.3 is 0 Å². The fourth-order valence-electron chi connectivity index (χ4n) is 4.09. The van der Waals surface area contributed by atoms with Gasteiger partial charge in [-0.25, -0.2) is 4.98 Å². The Kier molecular flexibility index (Phi) is 4.70. The van der Waals surface area contributed by atoms with Crippen molar-refractivity contribution in [3.63, 3.8) is 0 Å². The molecule has 0 spiro atoms. The van der Waals surface area contributed by atoms with E-state index in [1.807, 2.05) is 0 Å². The molecule has 1 saturated heterocycles. The summed E-state index contributed by atoms with van der Waals surface area (Å²) in [5.41, 5.74) is -0.271. The number of rotatable bonds is 4. The molecular formula is C19H23N3O2S. The first-order valence-corrected chi connectivity index (χ1v) is 9.92. The number of piperidine rings is 1. The number of hydrogen-bond donors (Lipinski definition) is 0. The first kappa shape index (κ1) is 16.5. The maximum atomic E-state index is 13.4. The lowest BCUT2D eigenvalue weighted by molar-refractivity contribution is -0.139. The molecule has 3 heterocycles. The molecule has 5 nitrogen and oxygen atoms in total. The SMILES string of the molecule is O=C(N1CCC(Oc2cnccn2)CC1)C1(c2cccs2)CCCC1. The monoisotopic (exact) mass is 357 g/mol. The van der Waals surface area contributed by atoms with Gasteiger partial charge in [-0.1, -0.05) is 18.9 Å². The quantitative estimate of drug-likeness (QED) is 0.841. The molecule has 2 aromatic rings. The summed E-state index contributed by atoms with van der Waals surface area (Å²) in [5.74, 6) is 0.892. The van der Waals surface area contributed by atoms with Gasteiger partial charge in [0.25, 0.3) is 0 Å². The largest absolute Gasteiger partial charge is 0.473 e. The van der Waals surface area contributed by atoms with Crippen LogP contribution in [-0.4, -0.2) is 40.0 Å². The minimum absolute atomic E-state index is 0.113. The van der Waals surface area contributed by atoms with E-state index in [-0.39, 0.29) is 11.5 Å². The second kappa shape index (κ2) is 7.12. The van der Waals surface area contributed by atoms with Crippen LogP contribution >= 0.6 is 11.3 Å². The highest BCUT2D eigenvalue weighted by Gasteiger charge is 2.46. The van der Waals surface area contributed by atoms with Crippen molar-refractivity contribution in [2.45, 2.75) is 50.0 Å². The van der Waals surface area contributed by atoms with E-state index < -0.39 is 0 Å². The van der Waals surface area contributed by atoms with Crippen LogP contribution in [0.25, 0.3) is 0 Å². The number of hydrogen-bond acceptors (Lipinski definition) is 5. The summed E-state index contributed by atoms with van der Waals surface area (Å²) in [6.45, 7) is 1.52. The van der Waals surface area contributed by atoms with Crippen molar-refractivity contribution in [2.75, 3.05) is 13.1 Å². The van der Waals surface area contributed by atoms with Crippen LogP contribution in [-0.2, 0) is 10.2 Å². The van der Waals surface area contributed by atoms with Gasteiger partial charge in [-0.05, 0) is 24.3 Å². The molecule has 0 bridgehead atoms. The zero-order valence-electron chi connectivity index (χ0n) is 14.3. The highest BCUT2D eigenvalue weighted by Crippen LogP contribution is 2.44. The standard InChI is InChI=1S/C19H23N3O2S/c23-18(19(7-1-2-8-19)16-4-3-13-25-16)22-11-5-15(6-12-22)24-17-14-20-9-10-21-17/h3-4,9-10,13-15H,1-2,5-8,11-12H2. The van der Waals surface area contributed by atoms with E-state index in [4.69, 9.17) is 4.74 Å². The number of ether oxygens (including phenoxy) is 1. The van der Waals surface area contributed by atoms with Crippen molar-refractivity contribution in [2.24, 2.45) is 0 Å². The van der Waals surface area contributed by atoms with Gasteiger partial charge in [0.15, 0.2) is 0 Å². The van der Waals surface area contributed by atoms with Gasteiger partial charge in [0.1, 0.15) is 6.10 Å².